The molecule has 0 bridgehead atoms. The number of carbonyl (C=O) groups excluding carboxylic acids is 1. The maximum atomic E-state index is 10.6. The molecule has 1 unspecified atom stereocenters. The Labute approximate surface area is 88.8 Å². The number of rotatable bonds is 4. The maximum absolute atomic E-state index is 10.6. The minimum Gasteiger partial charge on any atom is -0.390 e. The summed E-state index contributed by atoms with van der Waals surface area (Å²) in [7, 11) is 0. The molecule has 1 heterocycles. The highest BCUT2D eigenvalue weighted by Crippen LogP contribution is 2.26. The van der Waals surface area contributed by atoms with E-state index in [1.807, 2.05) is 11.8 Å². The summed E-state index contributed by atoms with van der Waals surface area (Å²) in [6, 6.07) is 2.07. The van der Waals surface area contributed by atoms with Gasteiger partial charge in [-0.15, -0.1) is 0 Å². The molecule has 0 aliphatic carbocycles. The third-order valence-electron chi connectivity index (χ3n) is 2.63. The molecule has 0 aromatic rings. The number of amides is 1. The molecular formula is C10H15N3O2. The SMILES string of the molecule is CC(C=CC(N)=O)(CC#N)N1CC(O)C1. The van der Waals surface area contributed by atoms with E-state index in [1.165, 1.54) is 6.08 Å². The average Bonchev–Trinajstić information content (AvgIpc) is 2.10. The lowest BCUT2D eigenvalue weighted by molar-refractivity contribution is -0.113. The summed E-state index contributed by atoms with van der Waals surface area (Å²) in [5.74, 6) is -0.528. The Morgan fingerprint density at radius 2 is 2.40 bits per heavy atom. The number of hydrogen-bond donors (Lipinski definition) is 2. The fourth-order valence-corrected chi connectivity index (χ4v) is 1.57. The Bertz CT molecular complexity index is 315. The van der Waals surface area contributed by atoms with Gasteiger partial charge in [-0.25, -0.2) is 0 Å². The summed E-state index contributed by atoms with van der Waals surface area (Å²) in [6.07, 6.45) is 2.83. The van der Waals surface area contributed by atoms with E-state index in [4.69, 9.17) is 11.0 Å². The molecule has 0 spiro atoms. The fourth-order valence-electron chi connectivity index (χ4n) is 1.57. The van der Waals surface area contributed by atoms with Crippen LogP contribution in [0.3, 0.4) is 0 Å². The van der Waals surface area contributed by atoms with Crippen molar-refractivity contribution in [3.05, 3.63) is 12.2 Å². The fraction of sp³-hybridized carbons (Fsp3) is 0.600. The molecule has 3 N–H and O–H groups in total. The smallest absolute Gasteiger partial charge is 0.241 e. The first-order chi connectivity index (χ1) is 6.98. The normalized spacial score (nSPS) is 21.9. The molecule has 0 radical (unpaired) electrons. The summed E-state index contributed by atoms with van der Waals surface area (Å²) < 4.78 is 0. The molecule has 1 atom stereocenters. The molecule has 82 valence electrons. The number of aliphatic hydroxyl groups is 1. The Kier molecular flexibility index (Phi) is 3.45. The predicted octanol–water partition coefficient (Wildman–Crippen LogP) is -0.623. The number of nitriles is 1. The van der Waals surface area contributed by atoms with E-state index in [9.17, 15) is 9.90 Å². The van der Waals surface area contributed by atoms with Gasteiger partial charge in [-0.3, -0.25) is 9.69 Å². The number of β-amino-alcohol motifs (C(OH)–C–C–N with tert-alkyl or cyclic N) is 1. The standard InChI is InChI=1S/C10H15N3O2/c1-10(4-5-11,3-2-9(12)15)13-6-8(14)7-13/h2-3,8,14H,4,6-7H2,1H3,(H2,12,15). The zero-order valence-corrected chi connectivity index (χ0v) is 8.68. The van der Waals surface area contributed by atoms with Crippen molar-refractivity contribution in [2.24, 2.45) is 5.73 Å². The van der Waals surface area contributed by atoms with Gasteiger partial charge in [-0.1, -0.05) is 6.08 Å². The van der Waals surface area contributed by atoms with E-state index >= 15 is 0 Å². The topological polar surface area (TPSA) is 90.3 Å². The average molecular weight is 209 g/mol. The van der Waals surface area contributed by atoms with Crippen LogP contribution in [0.4, 0.5) is 0 Å². The van der Waals surface area contributed by atoms with Gasteiger partial charge in [0, 0.05) is 24.7 Å². The maximum Gasteiger partial charge on any atom is 0.241 e. The monoisotopic (exact) mass is 209 g/mol. The lowest BCUT2D eigenvalue weighted by atomic mass is 9.91. The lowest BCUT2D eigenvalue weighted by Gasteiger charge is -2.46. The van der Waals surface area contributed by atoms with E-state index in [2.05, 4.69) is 6.07 Å². The van der Waals surface area contributed by atoms with E-state index < -0.39 is 11.4 Å². The number of aliphatic hydroxyl groups excluding tert-OH is 1. The zero-order valence-electron chi connectivity index (χ0n) is 8.68. The van der Waals surface area contributed by atoms with Gasteiger partial charge in [-0.05, 0) is 6.92 Å². The summed E-state index contributed by atoms with van der Waals surface area (Å²) >= 11 is 0. The van der Waals surface area contributed by atoms with Crippen LogP contribution in [0.1, 0.15) is 13.3 Å². The number of likely N-dealkylation sites (tertiary alicyclic amines) is 1. The summed E-state index contributed by atoms with van der Waals surface area (Å²) in [6.45, 7) is 2.91. The molecule has 1 rings (SSSR count). The molecule has 15 heavy (non-hydrogen) atoms. The molecule has 1 aliphatic heterocycles. The van der Waals surface area contributed by atoms with E-state index in [1.54, 1.807) is 6.08 Å². The van der Waals surface area contributed by atoms with Crippen molar-refractivity contribution in [2.45, 2.75) is 25.0 Å². The second-order valence-corrected chi connectivity index (χ2v) is 3.99. The number of primary amides is 1. The molecule has 1 amide bonds. The van der Waals surface area contributed by atoms with Crippen LogP contribution in [0.25, 0.3) is 0 Å². The predicted molar refractivity (Wildman–Crippen MR) is 54.5 cm³/mol. The van der Waals surface area contributed by atoms with Crippen molar-refractivity contribution < 1.29 is 9.90 Å². The highest BCUT2D eigenvalue weighted by molar-refractivity contribution is 5.85. The highest BCUT2D eigenvalue weighted by atomic mass is 16.3. The Morgan fingerprint density at radius 1 is 1.80 bits per heavy atom. The molecule has 5 nitrogen and oxygen atoms in total. The Morgan fingerprint density at radius 3 is 2.80 bits per heavy atom. The highest BCUT2D eigenvalue weighted by Gasteiger charge is 2.37. The summed E-state index contributed by atoms with van der Waals surface area (Å²) in [4.78, 5) is 12.6. The van der Waals surface area contributed by atoms with Crippen LogP contribution >= 0.6 is 0 Å². The van der Waals surface area contributed by atoms with Gasteiger partial charge in [0.2, 0.25) is 5.91 Å². The minimum absolute atomic E-state index is 0.267. The first-order valence-electron chi connectivity index (χ1n) is 4.76. The van der Waals surface area contributed by atoms with Crippen LogP contribution in [0.15, 0.2) is 12.2 Å². The number of hydrogen-bond acceptors (Lipinski definition) is 4. The first kappa shape index (κ1) is 11.7. The zero-order chi connectivity index (χ0) is 11.5. The van der Waals surface area contributed by atoms with Crippen LogP contribution in [0, 0.1) is 11.3 Å². The largest absolute Gasteiger partial charge is 0.390 e. The second-order valence-electron chi connectivity index (χ2n) is 3.99. The summed E-state index contributed by atoms with van der Waals surface area (Å²) in [5, 5.41) is 17.9. The number of nitrogens with two attached hydrogens (primary N) is 1. The molecule has 0 aromatic heterocycles. The first-order valence-corrected chi connectivity index (χ1v) is 4.76. The van der Waals surface area contributed by atoms with Gasteiger partial charge in [0.15, 0.2) is 0 Å². The Hall–Kier alpha value is -1.38. The van der Waals surface area contributed by atoms with Crippen molar-refractivity contribution in [2.75, 3.05) is 13.1 Å². The Balaban J connectivity index is 2.70. The van der Waals surface area contributed by atoms with Gasteiger partial charge < -0.3 is 10.8 Å². The van der Waals surface area contributed by atoms with Crippen LogP contribution in [0.5, 0.6) is 0 Å². The third kappa shape index (κ3) is 2.78. The van der Waals surface area contributed by atoms with Crippen LogP contribution in [-0.4, -0.2) is 40.6 Å². The molecule has 1 aliphatic rings. The molecule has 1 fully saturated rings. The van der Waals surface area contributed by atoms with Gasteiger partial charge in [0.25, 0.3) is 0 Å². The molecular weight excluding hydrogens is 194 g/mol. The quantitative estimate of drug-likeness (QED) is 0.603. The number of carbonyl (C=O) groups is 1. The van der Waals surface area contributed by atoms with Crippen LogP contribution in [-0.2, 0) is 4.79 Å². The summed E-state index contributed by atoms with van der Waals surface area (Å²) in [5.41, 5.74) is 4.50. The molecule has 0 aromatic carbocycles. The van der Waals surface area contributed by atoms with E-state index in [-0.39, 0.29) is 12.5 Å². The van der Waals surface area contributed by atoms with Crippen molar-refractivity contribution in [1.82, 2.24) is 4.90 Å². The van der Waals surface area contributed by atoms with Gasteiger partial charge in [0.05, 0.1) is 18.6 Å². The van der Waals surface area contributed by atoms with Crippen molar-refractivity contribution in [3.63, 3.8) is 0 Å². The lowest BCUT2D eigenvalue weighted by Crippen LogP contribution is -2.60. The van der Waals surface area contributed by atoms with E-state index in [0.717, 1.165) is 0 Å². The van der Waals surface area contributed by atoms with Crippen molar-refractivity contribution in [3.8, 4) is 6.07 Å². The van der Waals surface area contributed by atoms with Crippen molar-refractivity contribution >= 4 is 5.91 Å². The van der Waals surface area contributed by atoms with Gasteiger partial charge in [0.1, 0.15) is 0 Å². The molecule has 1 saturated heterocycles. The van der Waals surface area contributed by atoms with Gasteiger partial charge in [-0.2, -0.15) is 5.26 Å². The second kappa shape index (κ2) is 4.43. The molecule has 5 heteroatoms. The van der Waals surface area contributed by atoms with Crippen LogP contribution < -0.4 is 5.73 Å². The van der Waals surface area contributed by atoms with Crippen LogP contribution in [0.2, 0.25) is 0 Å². The minimum atomic E-state index is -0.528. The number of nitrogens with zero attached hydrogens (tertiary/aromatic N) is 2. The third-order valence-corrected chi connectivity index (χ3v) is 2.63. The van der Waals surface area contributed by atoms with E-state index in [0.29, 0.717) is 13.1 Å². The molecule has 0 saturated carbocycles. The van der Waals surface area contributed by atoms with Crippen molar-refractivity contribution in [1.29, 1.82) is 5.26 Å². The van der Waals surface area contributed by atoms with Gasteiger partial charge >= 0.3 is 0 Å².